The van der Waals surface area contributed by atoms with Crippen molar-refractivity contribution in [3.8, 4) is 0 Å². The van der Waals surface area contributed by atoms with Gasteiger partial charge in [0.25, 0.3) is 0 Å². The number of hydrogen-bond donors (Lipinski definition) is 1. The van der Waals surface area contributed by atoms with E-state index in [-0.39, 0.29) is 17.9 Å². The molecule has 1 saturated heterocycles. The summed E-state index contributed by atoms with van der Waals surface area (Å²) in [7, 11) is 3.22. The van der Waals surface area contributed by atoms with Crippen molar-refractivity contribution < 1.29 is 14.3 Å². The maximum Gasteiger partial charge on any atom is 0.337 e. The van der Waals surface area contributed by atoms with Gasteiger partial charge in [0.2, 0.25) is 5.91 Å². The van der Waals surface area contributed by atoms with Crippen LogP contribution in [0.15, 0.2) is 36.7 Å². The van der Waals surface area contributed by atoms with Crippen LogP contribution in [-0.2, 0) is 23.0 Å². The fourth-order valence-electron chi connectivity index (χ4n) is 3.21. The average Bonchev–Trinajstić information content (AvgIpc) is 3.06. The Morgan fingerprint density at radius 2 is 2.08 bits per heavy atom. The Kier molecular flexibility index (Phi) is 5.55. The summed E-state index contributed by atoms with van der Waals surface area (Å²) >= 11 is 0. The number of anilines is 1. The number of rotatable bonds is 5. The van der Waals surface area contributed by atoms with E-state index in [2.05, 4.69) is 10.4 Å². The van der Waals surface area contributed by atoms with Crippen molar-refractivity contribution in [1.29, 1.82) is 0 Å². The standard InChI is InChI=1S/C19H24N4O3/c1-22-13-14(12-20-22)10-18(24)23-8-6-16(7-9-23)21-17-5-3-4-15(11-17)19(25)26-2/h3-5,11-13,16,21H,6-10H2,1-2H3. The molecule has 3 rings (SSSR count). The Bertz CT molecular complexity index is 779. The van der Waals surface area contributed by atoms with E-state index >= 15 is 0 Å². The number of esters is 1. The maximum atomic E-state index is 12.4. The first kappa shape index (κ1) is 18.0. The third-order valence-corrected chi connectivity index (χ3v) is 4.62. The Morgan fingerprint density at radius 1 is 1.31 bits per heavy atom. The van der Waals surface area contributed by atoms with Crippen LogP contribution in [0.4, 0.5) is 5.69 Å². The van der Waals surface area contributed by atoms with Crippen LogP contribution in [0.3, 0.4) is 0 Å². The zero-order valence-electron chi connectivity index (χ0n) is 15.1. The van der Waals surface area contributed by atoms with Crippen molar-refractivity contribution in [1.82, 2.24) is 14.7 Å². The van der Waals surface area contributed by atoms with Crippen molar-refractivity contribution in [3.05, 3.63) is 47.8 Å². The smallest absolute Gasteiger partial charge is 0.337 e. The fourth-order valence-corrected chi connectivity index (χ4v) is 3.21. The maximum absolute atomic E-state index is 12.4. The second-order valence-electron chi connectivity index (χ2n) is 6.57. The normalized spacial score (nSPS) is 14.9. The van der Waals surface area contributed by atoms with Crippen LogP contribution in [-0.4, -0.2) is 52.8 Å². The van der Waals surface area contributed by atoms with Crippen LogP contribution >= 0.6 is 0 Å². The SMILES string of the molecule is COC(=O)c1cccc(NC2CCN(C(=O)Cc3cnn(C)c3)CC2)c1. The van der Waals surface area contributed by atoms with Gasteiger partial charge in [-0.1, -0.05) is 6.07 Å². The summed E-state index contributed by atoms with van der Waals surface area (Å²) in [5, 5.41) is 7.56. The summed E-state index contributed by atoms with van der Waals surface area (Å²) in [5.41, 5.74) is 2.37. The molecule has 1 N–H and O–H groups in total. The number of hydrogen-bond acceptors (Lipinski definition) is 5. The van der Waals surface area contributed by atoms with Crippen LogP contribution in [0.5, 0.6) is 0 Å². The third-order valence-electron chi connectivity index (χ3n) is 4.62. The summed E-state index contributed by atoms with van der Waals surface area (Å²) < 4.78 is 6.46. The highest BCUT2D eigenvalue weighted by Gasteiger charge is 2.23. The highest BCUT2D eigenvalue weighted by atomic mass is 16.5. The average molecular weight is 356 g/mol. The van der Waals surface area contributed by atoms with E-state index in [0.717, 1.165) is 37.2 Å². The van der Waals surface area contributed by atoms with Crippen LogP contribution < -0.4 is 5.32 Å². The number of carbonyl (C=O) groups is 2. The Hall–Kier alpha value is -2.83. The number of methoxy groups -OCH3 is 1. The van der Waals surface area contributed by atoms with Crippen LogP contribution in [0.25, 0.3) is 0 Å². The number of benzene rings is 1. The molecule has 138 valence electrons. The van der Waals surface area contributed by atoms with Gasteiger partial charge in [-0.15, -0.1) is 0 Å². The minimum Gasteiger partial charge on any atom is -0.465 e. The number of aromatic nitrogens is 2. The van der Waals surface area contributed by atoms with E-state index in [1.165, 1.54) is 7.11 Å². The molecule has 7 heteroatoms. The predicted molar refractivity (Wildman–Crippen MR) is 97.9 cm³/mol. The Labute approximate surface area is 152 Å². The molecular formula is C19H24N4O3. The third kappa shape index (κ3) is 4.41. The first-order chi connectivity index (χ1) is 12.5. The van der Waals surface area contributed by atoms with Gasteiger partial charge >= 0.3 is 5.97 Å². The van der Waals surface area contributed by atoms with Gasteiger partial charge in [-0.3, -0.25) is 9.48 Å². The van der Waals surface area contributed by atoms with E-state index in [9.17, 15) is 9.59 Å². The molecule has 0 saturated carbocycles. The summed E-state index contributed by atoms with van der Waals surface area (Å²) in [4.78, 5) is 26.0. The number of carbonyl (C=O) groups excluding carboxylic acids is 2. The van der Waals surface area contributed by atoms with Gasteiger partial charge in [0, 0.05) is 38.1 Å². The number of piperidine rings is 1. The molecule has 1 aliphatic rings. The molecule has 0 aliphatic carbocycles. The molecule has 1 aromatic heterocycles. The largest absolute Gasteiger partial charge is 0.465 e. The quantitative estimate of drug-likeness (QED) is 0.828. The zero-order valence-corrected chi connectivity index (χ0v) is 15.1. The van der Waals surface area contributed by atoms with Crippen molar-refractivity contribution in [2.75, 3.05) is 25.5 Å². The molecule has 1 amide bonds. The van der Waals surface area contributed by atoms with Crippen molar-refractivity contribution in [3.63, 3.8) is 0 Å². The molecule has 26 heavy (non-hydrogen) atoms. The fraction of sp³-hybridized carbons (Fsp3) is 0.421. The molecule has 7 nitrogen and oxygen atoms in total. The van der Waals surface area contributed by atoms with Crippen molar-refractivity contribution in [2.45, 2.75) is 25.3 Å². The minimum absolute atomic E-state index is 0.143. The Balaban J connectivity index is 1.50. The highest BCUT2D eigenvalue weighted by molar-refractivity contribution is 5.90. The highest BCUT2D eigenvalue weighted by Crippen LogP contribution is 2.19. The molecule has 1 fully saturated rings. The van der Waals surface area contributed by atoms with Gasteiger partial charge in [-0.2, -0.15) is 5.10 Å². The number of amides is 1. The van der Waals surface area contributed by atoms with Crippen LogP contribution in [0, 0.1) is 0 Å². The van der Waals surface area contributed by atoms with E-state index in [4.69, 9.17) is 4.74 Å². The molecule has 0 spiro atoms. The topological polar surface area (TPSA) is 76.5 Å². The van der Waals surface area contributed by atoms with Gasteiger partial charge in [0.1, 0.15) is 0 Å². The number of nitrogens with one attached hydrogen (secondary N) is 1. The van der Waals surface area contributed by atoms with Crippen molar-refractivity contribution in [2.24, 2.45) is 7.05 Å². The van der Waals surface area contributed by atoms with Gasteiger partial charge < -0.3 is 15.0 Å². The minimum atomic E-state index is -0.343. The zero-order chi connectivity index (χ0) is 18.5. The lowest BCUT2D eigenvalue weighted by Crippen LogP contribution is -2.43. The van der Waals surface area contributed by atoms with E-state index in [1.807, 2.05) is 30.3 Å². The van der Waals surface area contributed by atoms with Gasteiger partial charge in [-0.05, 0) is 36.6 Å². The van der Waals surface area contributed by atoms with Gasteiger partial charge in [0.15, 0.2) is 0 Å². The lowest BCUT2D eigenvalue weighted by Gasteiger charge is -2.33. The lowest BCUT2D eigenvalue weighted by molar-refractivity contribution is -0.131. The molecule has 0 bridgehead atoms. The van der Waals surface area contributed by atoms with E-state index in [0.29, 0.717) is 12.0 Å². The summed E-state index contributed by atoms with van der Waals surface area (Å²) in [5.74, 6) is -0.200. The van der Waals surface area contributed by atoms with Crippen LogP contribution in [0.1, 0.15) is 28.8 Å². The predicted octanol–water partition coefficient (Wildman–Crippen LogP) is 1.85. The molecule has 1 aliphatic heterocycles. The monoisotopic (exact) mass is 356 g/mol. The molecule has 2 aromatic rings. The first-order valence-corrected chi connectivity index (χ1v) is 8.75. The molecule has 0 unspecified atom stereocenters. The number of ether oxygens (including phenoxy) is 1. The molecular weight excluding hydrogens is 332 g/mol. The van der Waals surface area contributed by atoms with Gasteiger partial charge in [-0.25, -0.2) is 4.79 Å². The molecule has 0 atom stereocenters. The molecule has 1 aromatic carbocycles. The molecule has 2 heterocycles. The number of aryl methyl sites for hydroxylation is 1. The number of nitrogens with zero attached hydrogens (tertiary/aromatic N) is 3. The van der Waals surface area contributed by atoms with Crippen molar-refractivity contribution >= 4 is 17.6 Å². The van der Waals surface area contributed by atoms with Crippen LogP contribution in [0.2, 0.25) is 0 Å². The van der Waals surface area contributed by atoms with E-state index < -0.39 is 0 Å². The van der Waals surface area contributed by atoms with E-state index in [1.54, 1.807) is 23.0 Å². The number of likely N-dealkylation sites (tertiary alicyclic amines) is 1. The summed E-state index contributed by atoms with van der Waals surface area (Å²) in [6, 6.07) is 7.58. The Morgan fingerprint density at radius 3 is 2.73 bits per heavy atom. The summed E-state index contributed by atoms with van der Waals surface area (Å²) in [6.07, 6.45) is 5.76. The second kappa shape index (κ2) is 8.03. The summed E-state index contributed by atoms with van der Waals surface area (Å²) in [6.45, 7) is 1.46. The second-order valence-corrected chi connectivity index (χ2v) is 6.57. The molecule has 0 radical (unpaired) electrons. The lowest BCUT2D eigenvalue weighted by atomic mass is 10.0. The first-order valence-electron chi connectivity index (χ1n) is 8.75. The van der Waals surface area contributed by atoms with Gasteiger partial charge in [0.05, 0.1) is 25.3 Å².